The Morgan fingerprint density at radius 1 is 1.22 bits per heavy atom. The van der Waals surface area contributed by atoms with Crippen LogP contribution in [0.1, 0.15) is 51.5 Å². The van der Waals surface area contributed by atoms with E-state index in [0.29, 0.717) is 17.1 Å². The number of benzene rings is 1. The molecular formula is C21H26N2O4. The van der Waals surface area contributed by atoms with Gasteiger partial charge >= 0.3 is 5.97 Å². The normalized spacial score (nSPS) is 15.1. The molecule has 0 aliphatic heterocycles. The molecule has 144 valence electrons. The van der Waals surface area contributed by atoms with Crippen LogP contribution in [-0.2, 0) is 9.59 Å². The summed E-state index contributed by atoms with van der Waals surface area (Å²) in [6.07, 6.45) is 6.47. The summed E-state index contributed by atoms with van der Waals surface area (Å²) < 4.78 is 10.9. The van der Waals surface area contributed by atoms with Gasteiger partial charge < -0.3 is 14.8 Å². The van der Waals surface area contributed by atoms with E-state index in [1.165, 1.54) is 19.6 Å². The average Bonchev–Trinajstić information content (AvgIpc) is 2.67. The number of nitrogens with zero attached hydrogens (tertiary/aromatic N) is 1. The van der Waals surface area contributed by atoms with Crippen molar-refractivity contribution >= 4 is 18.0 Å². The summed E-state index contributed by atoms with van der Waals surface area (Å²) in [4.78, 5) is 24.4. The van der Waals surface area contributed by atoms with E-state index >= 15 is 0 Å². The van der Waals surface area contributed by atoms with E-state index in [4.69, 9.17) is 9.47 Å². The standard InChI is InChI=1S/C21H26N2O4/c1-14(2)23-20(24)17(13-22)11-15-9-10-18(19(12-15)26-3)27-21(25)16-7-5-4-6-8-16/h9-12,14,16H,4-8H2,1-3H3,(H,23,24)/b17-11+. The molecule has 1 aromatic carbocycles. The first-order valence-corrected chi connectivity index (χ1v) is 9.27. The van der Waals surface area contributed by atoms with Crippen LogP contribution in [0.4, 0.5) is 0 Å². The third-order valence-electron chi connectivity index (χ3n) is 4.43. The van der Waals surface area contributed by atoms with Gasteiger partial charge in [-0.15, -0.1) is 0 Å². The van der Waals surface area contributed by atoms with Gasteiger partial charge in [0.25, 0.3) is 5.91 Å². The number of hydrogen-bond donors (Lipinski definition) is 1. The van der Waals surface area contributed by atoms with E-state index in [-0.39, 0.29) is 23.5 Å². The summed E-state index contributed by atoms with van der Waals surface area (Å²) in [5, 5.41) is 11.9. The monoisotopic (exact) mass is 370 g/mol. The number of methoxy groups -OCH3 is 1. The second kappa shape index (κ2) is 9.77. The van der Waals surface area contributed by atoms with Crippen LogP contribution in [-0.4, -0.2) is 25.0 Å². The Hall–Kier alpha value is -2.81. The maximum atomic E-state index is 12.4. The summed E-state index contributed by atoms with van der Waals surface area (Å²) in [6, 6.07) is 6.80. The summed E-state index contributed by atoms with van der Waals surface area (Å²) in [5.74, 6) is 0.00219. The molecule has 1 aliphatic rings. The molecule has 0 aromatic heterocycles. The zero-order chi connectivity index (χ0) is 19.8. The Bertz CT molecular complexity index is 756. The van der Waals surface area contributed by atoms with Gasteiger partial charge in [-0.3, -0.25) is 9.59 Å². The molecule has 0 spiro atoms. The largest absolute Gasteiger partial charge is 0.493 e. The lowest BCUT2D eigenvalue weighted by atomic mass is 9.89. The summed E-state index contributed by atoms with van der Waals surface area (Å²) in [5.41, 5.74) is 0.609. The third-order valence-corrected chi connectivity index (χ3v) is 4.43. The van der Waals surface area contributed by atoms with Crippen LogP contribution in [0.5, 0.6) is 11.5 Å². The highest BCUT2D eigenvalue weighted by atomic mass is 16.6. The SMILES string of the molecule is COc1cc(/C=C(\C#N)C(=O)NC(C)C)ccc1OC(=O)C1CCCCC1. The molecular weight excluding hydrogens is 344 g/mol. The first kappa shape index (κ1) is 20.5. The zero-order valence-corrected chi connectivity index (χ0v) is 16.1. The lowest BCUT2D eigenvalue weighted by molar-refractivity contribution is -0.140. The van der Waals surface area contributed by atoms with Crippen LogP contribution in [0, 0.1) is 17.2 Å². The van der Waals surface area contributed by atoms with Crippen LogP contribution in [0.3, 0.4) is 0 Å². The predicted octanol–water partition coefficient (Wildman–Crippen LogP) is 3.61. The first-order chi connectivity index (χ1) is 12.9. The predicted molar refractivity (Wildman–Crippen MR) is 102 cm³/mol. The summed E-state index contributed by atoms with van der Waals surface area (Å²) >= 11 is 0. The van der Waals surface area contributed by atoms with Gasteiger partial charge in [0.15, 0.2) is 11.5 Å². The van der Waals surface area contributed by atoms with Crippen molar-refractivity contribution in [3.8, 4) is 17.6 Å². The van der Waals surface area contributed by atoms with E-state index in [2.05, 4.69) is 5.32 Å². The lowest BCUT2D eigenvalue weighted by Crippen LogP contribution is -2.30. The second-order valence-corrected chi connectivity index (χ2v) is 6.96. The maximum Gasteiger partial charge on any atom is 0.314 e. The fraction of sp³-hybridized carbons (Fsp3) is 0.476. The molecule has 1 aliphatic carbocycles. The molecule has 0 saturated heterocycles. The topological polar surface area (TPSA) is 88.4 Å². The van der Waals surface area contributed by atoms with Gasteiger partial charge in [-0.25, -0.2) is 0 Å². The molecule has 27 heavy (non-hydrogen) atoms. The molecule has 0 heterocycles. The molecule has 0 bridgehead atoms. The van der Waals surface area contributed by atoms with Crippen molar-refractivity contribution < 1.29 is 19.1 Å². The molecule has 0 atom stereocenters. The van der Waals surface area contributed by atoms with Crippen molar-refractivity contribution in [3.05, 3.63) is 29.3 Å². The van der Waals surface area contributed by atoms with E-state index in [1.807, 2.05) is 19.9 Å². The number of hydrogen-bond acceptors (Lipinski definition) is 5. The Morgan fingerprint density at radius 3 is 2.52 bits per heavy atom. The average molecular weight is 370 g/mol. The second-order valence-electron chi connectivity index (χ2n) is 6.96. The molecule has 1 N–H and O–H groups in total. The molecule has 2 rings (SSSR count). The zero-order valence-electron chi connectivity index (χ0n) is 16.1. The quantitative estimate of drug-likeness (QED) is 0.358. The van der Waals surface area contributed by atoms with Gasteiger partial charge in [-0.1, -0.05) is 25.3 Å². The van der Waals surface area contributed by atoms with Crippen LogP contribution in [0.15, 0.2) is 23.8 Å². The smallest absolute Gasteiger partial charge is 0.314 e. The highest BCUT2D eigenvalue weighted by Gasteiger charge is 2.24. The number of carbonyl (C=O) groups is 2. The number of nitrogens with one attached hydrogen (secondary N) is 1. The Morgan fingerprint density at radius 2 is 1.93 bits per heavy atom. The van der Waals surface area contributed by atoms with Gasteiger partial charge in [0.1, 0.15) is 11.6 Å². The first-order valence-electron chi connectivity index (χ1n) is 9.27. The Labute approximate surface area is 160 Å². The number of nitriles is 1. The van der Waals surface area contributed by atoms with Crippen LogP contribution >= 0.6 is 0 Å². The van der Waals surface area contributed by atoms with E-state index < -0.39 is 5.91 Å². The molecule has 6 heteroatoms. The number of carbonyl (C=O) groups excluding carboxylic acids is 2. The molecule has 1 saturated carbocycles. The molecule has 1 aromatic rings. The molecule has 0 unspecified atom stereocenters. The van der Waals surface area contributed by atoms with Crippen molar-refractivity contribution in [1.82, 2.24) is 5.32 Å². The van der Waals surface area contributed by atoms with E-state index in [0.717, 1.165) is 25.7 Å². The minimum Gasteiger partial charge on any atom is -0.493 e. The van der Waals surface area contributed by atoms with Crippen molar-refractivity contribution in [2.45, 2.75) is 52.0 Å². The maximum absolute atomic E-state index is 12.4. The minimum atomic E-state index is -0.431. The van der Waals surface area contributed by atoms with Crippen LogP contribution in [0.25, 0.3) is 6.08 Å². The van der Waals surface area contributed by atoms with Gasteiger partial charge in [0.05, 0.1) is 13.0 Å². The fourth-order valence-corrected chi connectivity index (χ4v) is 3.04. The van der Waals surface area contributed by atoms with Crippen molar-refractivity contribution in [2.24, 2.45) is 5.92 Å². The number of amides is 1. The number of ether oxygens (including phenoxy) is 2. The minimum absolute atomic E-state index is 0.00213. The van der Waals surface area contributed by atoms with Crippen molar-refractivity contribution in [2.75, 3.05) is 7.11 Å². The Kier molecular flexibility index (Phi) is 7.42. The number of esters is 1. The van der Waals surface area contributed by atoms with E-state index in [1.54, 1.807) is 18.2 Å². The number of rotatable bonds is 6. The third kappa shape index (κ3) is 5.85. The van der Waals surface area contributed by atoms with Crippen molar-refractivity contribution in [3.63, 3.8) is 0 Å². The van der Waals surface area contributed by atoms with Gasteiger partial charge in [0.2, 0.25) is 0 Å². The highest BCUT2D eigenvalue weighted by molar-refractivity contribution is 6.01. The van der Waals surface area contributed by atoms with Gasteiger partial charge in [-0.05, 0) is 50.5 Å². The lowest BCUT2D eigenvalue weighted by Gasteiger charge is -2.20. The summed E-state index contributed by atoms with van der Waals surface area (Å²) in [6.45, 7) is 3.65. The van der Waals surface area contributed by atoms with E-state index in [9.17, 15) is 14.9 Å². The van der Waals surface area contributed by atoms with Crippen LogP contribution in [0.2, 0.25) is 0 Å². The molecule has 6 nitrogen and oxygen atoms in total. The molecule has 1 amide bonds. The van der Waals surface area contributed by atoms with Gasteiger partial charge in [-0.2, -0.15) is 5.26 Å². The van der Waals surface area contributed by atoms with Crippen LogP contribution < -0.4 is 14.8 Å². The highest BCUT2D eigenvalue weighted by Crippen LogP contribution is 2.31. The summed E-state index contributed by atoms with van der Waals surface area (Å²) in [7, 11) is 1.48. The Balaban J connectivity index is 2.17. The van der Waals surface area contributed by atoms with Gasteiger partial charge in [0, 0.05) is 6.04 Å². The van der Waals surface area contributed by atoms with Crippen molar-refractivity contribution in [1.29, 1.82) is 5.26 Å². The molecule has 0 radical (unpaired) electrons. The fourth-order valence-electron chi connectivity index (χ4n) is 3.04. The molecule has 1 fully saturated rings.